The second-order valence-electron chi connectivity index (χ2n) is 4.10. The maximum Gasteiger partial charge on any atom is 0.459 e. The molecule has 1 saturated carbocycles. The van der Waals surface area contributed by atoms with E-state index in [0.717, 1.165) is 0 Å². The van der Waals surface area contributed by atoms with Crippen molar-refractivity contribution in [2.45, 2.75) is 47.6 Å². The zero-order valence-corrected chi connectivity index (χ0v) is 10.7. The molecule has 1 rings (SSSR count). The highest BCUT2D eigenvalue weighted by atomic mass is 127. The first-order valence-electron chi connectivity index (χ1n) is 4.98. The van der Waals surface area contributed by atoms with Crippen LogP contribution in [0.4, 0.5) is 30.7 Å². The molecule has 0 amide bonds. The normalized spacial score (nSPS) is 28.2. The lowest BCUT2D eigenvalue weighted by molar-refractivity contribution is -0.366. The predicted octanol–water partition coefficient (Wildman–Crippen LogP) is 4.81. The summed E-state index contributed by atoms with van der Waals surface area (Å²) in [5.74, 6) is -12.9. The topological polar surface area (TPSA) is 0 Å². The van der Waals surface area contributed by atoms with Gasteiger partial charge in [0.25, 0.3) is 0 Å². The van der Waals surface area contributed by atoms with Crippen molar-refractivity contribution in [1.29, 1.82) is 0 Å². The van der Waals surface area contributed by atoms with Gasteiger partial charge in [0.1, 0.15) is 0 Å². The number of rotatable bonds is 2. The van der Waals surface area contributed by atoms with Gasteiger partial charge in [0.15, 0.2) is 0 Å². The molecule has 0 aromatic rings. The number of hydrogen-bond acceptors (Lipinski definition) is 0. The van der Waals surface area contributed by atoms with Gasteiger partial charge in [-0.2, -0.15) is 30.7 Å². The minimum Gasteiger partial charge on any atom is -0.199 e. The molecule has 0 aromatic heterocycles. The monoisotopic (exact) mass is 378 g/mol. The Morgan fingerprint density at radius 2 is 1.29 bits per heavy atom. The average molecular weight is 378 g/mol. The largest absolute Gasteiger partial charge is 0.459 e. The van der Waals surface area contributed by atoms with E-state index in [4.69, 9.17) is 0 Å². The lowest BCUT2D eigenvalue weighted by atomic mass is 9.82. The van der Waals surface area contributed by atoms with Gasteiger partial charge in [-0.1, -0.05) is 35.4 Å². The summed E-state index contributed by atoms with van der Waals surface area (Å²) in [5, 5.41) is 0. The molecule has 102 valence electrons. The van der Waals surface area contributed by atoms with Crippen molar-refractivity contribution in [3.8, 4) is 0 Å². The summed E-state index contributed by atoms with van der Waals surface area (Å²) in [6.07, 6.45) is -5.43. The lowest BCUT2D eigenvalue weighted by Crippen LogP contribution is -2.57. The van der Waals surface area contributed by atoms with Gasteiger partial charge >= 0.3 is 18.0 Å². The molecule has 0 aromatic carbocycles. The molecule has 0 unspecified atom stereocenters. The number of hydrogen-bond donors (Lipinski definition) is 0. The Morgan fingerprint density at radius 3 is 1.71 bits per heavy atom. The van der Waals surface area contributed by atoms with E-state index in [1.807, 2.05) is 0 Å². The molecule has 17 heavy (non-hydrogen) atoms. The lowest BCUT2D eigenvalue weighted by Gasteiger charge is -2.38. The molecule has 0 spiro atoms. The first-order chi connectivity index (χ1) is 7.52. The fourth-order valence-corrected chi connectivity index (χ4v) is 3.17. The molecular weight excluding hydrogens is 368 g/mol. The molecule has 0 N–H and O–H groups in total. The zero-order valence-electron chi connectivity index (χ0n) is 8.51. The second kappa shape index (κ2) is 4.73. The SMILES string of the molecule is FC(F)(F)C(F)(F)C(F)(F)[C@@H]1CCCC[C@H]1I. The maximum atomic E-state index is 13.4. The van der Waals surface area contributed by atoms with E-state index < -0.39 is 27.9 Å². The van der Waals surface area contributed by atoms with E-state index in [0.29, 0.717) is 6.42 Å². The maximum absolute atomic E-state index is 13.4. The van der Waals surface area contributed by atoms with E-state index in [1.165, 1.54) is 22.6 Å². The average Bonchev–Trinajstić information content (AvgIpc) is 2.16. The molecule has 0 radical (unpaired) electrons. The van der Waals surface area contributed by atoms with Crippen LogP contribution >= 0.6 is 22.6 Å². The quantitative estimate of drug-likeness (QED) is 0.368. The summed E-state index contributed by atoms with van der Waals surface area (Å²) in [6, 6.07) is 0. The summed E-state index contributed by atoms with van der Waals surface area (Å²) >= 11 is 1.53. The highest BCUT2D eigenvalue weighted by Crippen LogP contribution is 2.53. The van der Waals surface area contributed by atoms with Crippen molar-refractivity contribution in [2.75, 3.05) is 0 Å². The highest BCUT2D eigenvalue weighted by Gasteiger charge is 2.75. The van der Waals surface area contributed by atoms with Crippen LogP contribution in [0.5, 0.6) is 0 Å². The van der Waals surface area contributed by atoms with Crippen LogP contribution in [0, 0.1) is 5.92 Å². The van der Waals surface area contributed by atoms with Crippen LogP contribution in [0.15, 0.2) is 0 Å². The van der Waals surface area contributed by atoms with Crippen LogP contribution in [0.3, 0.4) is 0 Å². The van der Waals surface area contributed by atoms with E-state index in [-0.39, 0.29) is 19.3 Å². The zero-order chi connectivity index (χ0) is 13.5. The van der Waals surface area contributed by atoms with Gasteiger partial charge in [-0.25, -0.2) is 0 Å². The molecule has 0 nitrogen and oxygen atoms in total. The van der Waals surface area contributed by atoms with E-state index in [2.05, 4.69) is 0 Å². The Balaban J connectivity index is 3.00. The van der Waals surface area contributed by atoms with Crippen molar-refractivity contribution in [2.24, 2.45) is 5.92 Å². The van der Waals surface area contributed by atoms with Crippen LogP contribution in [0.2, 0.25) is 0 Å². The standard InChI is InChI=1S/C9H10F7I/c10-7(11,8(12,13)9(14,15)16)5-3-1-2-4-6(5)17/h5-6H,1-4H2/t5-,6-/m1/s1. The summed E-state index contributed by atoms with van der Waals surface area (Å²) in [6.45, 7) is 0. The fraction of sp³-hybridized carbons (Fsp3) is 1.00. The summed E-state index contributed by atoms with van der Waals surface area (Å²) in [7, 11) is 0. The minimum absolute atomic E-state index is 0.245. The first-order valence-corrected chi connectivity index (χ1v) is 6.23. The Morgan fingerprint density at radius 1 is 0.824 bits per heavy atom. The third-order valence-electron chi connectivity index (χ3n) is 2.92. The second-order valence-corrected chi connectivity index (χ2v) is 5.70. The Labute approximate surface area is 107 Å². The molecule has 0 saturated heterocycles. The third-order valence-corrected chi connectivity index (χ3v) is 4.41. The van der Waals surface area contributed by atoms with Crippen molar-refractivity contribution in [3.63, 3.8) is 0 Å². The number of alkyl halides is 8. The molecule has 0 aliphatic heterocycles. The molecule has 1 fully saturated rings. The van der Waals surface area contributed by atoms with Crippen LogP contribution in [0.1, 0.15) is 25.7 Å². The van der Waals surface area contributed by atoms with Gasteiger partial charge in [0.2, 0.25) is 0 Å². The molecule has 1 aliphatic rings. The Kier molecular flexibility index (Phi) is 4.26. The third kappa shape index (κ3) is 2.65. The van der Waals surface area contributed by atoms with Crippen LogP contribution in [0.25, 0.3) is 0 Å². The van der Waals surface area contributed by atoms with Crippen molar-refractivity contribution < 1.29 is 30.7 Å². The van der Waals surface area contributed by atoms with Crippen molar-refractivity contribution >= 4 is 22.6 Å². The first kappa shape index (κ1) is 15.3. The van der Waals surface area contributed by atoms with Crippen molar-refractivity contribution in [1.82, 2.24) is 0 Å². The van der Waals surface area contributed by atoms with Crippen LogP contribution in [-0.4, -0.2) is 21.9 Å². The molecule has 2 atom stereocenters. The van der Waals surface area contributed by atoms with E-state index in [1.54, 1.807) is 0 Å². The summed E-state index contributed by atoms with van der Waals surface area (Å²) < 4.78 is 87.4. The van der Waals surface area contributed by atoms with Crippen LogP contribution < -0.4 is 0 Å². The van der Waals surface area contributed by atoms with Gasteiger partial charge in [-0.15, -0.1) is 0 Å². The molecule has 8 heteroatoms. The van der Waals surface area contributed by atoms with Gasteiger partial charge in [-0.05, 0) is 12.8 Å². The Bertz CT molecular complexity index is 273. The highest BCUT2D eigenvalue weighted by molar-refractivity contribution is 14.1. The number of halogens is 8. The predicted molar refractivity (Wildman–Crippen MR) is 55.7 cm³/mol. The molecular formula is C9H10F7I. The molecule has 0 heterocycles. The van der Waals surface area contributed by atoms with Gasteiger partial charge in [-0.3, -0.25) is 0 Å². The fourth-order valence-electron chi connectivity index (χ4n) is 1.92. The van der Waals surface area contributed by atoms with Gasteiger partial charge in [0, 0.05) is 9.84 Å². The van der Waals surface area contributed by atoms with E-state index >= 15 is 0 Å². The van der Waals surface area contributed by atoms with Crippen molar-refractivity contribution in [3.05, 3.63) is 0 Å². The van der Waals surface area contributed by atoms with Gasteiger partial charge < -0.3 is 0 Å². The smallest absolute Gasteiger partial charge is 0.199 e. The minimum atomic E-state index is -6.22. The summed E-state index contributed by atoms with van der Waals surface area (Å²) in [4.78, 5) is 0. The summed E-state index contributed by atoms with van der Waals surface area (Å²) in [5.41, 5.74) is 0. The van der Waals surface area contributed by atoms with Gasteiger partial charge in [0.05, 0.1) is 0 Å². The van der Waals surface area contributed by atoms with E-state index in [9.17, 15) is 30.7 Å². The Hall–Kier alpha value is 0.240. The molecule has 0 bridgehead atoms. The van der Waals surface area contributed by atoms with Crippen LogP contribution in [-0.2, 0) is 0 Å². The molecule has 1 aliphatic carbocycles.